The van der Waals surface area contributed by atoms with E-state index in [1.807, 2.05) is 25.7 Å². The van der Waals surface area contributed by atoms with Gasteiger partial charge in [-0.25, -0.2) is 4.79 Å². The summed E-state index contributed by atoms with van der Waals surface area (Å²) in [5.74, 6) is 0. The molecule has 18 heavy (non-hydrogen) atoms. The molecule has 1 aliphatic rings. The minimum atomic E-state index is -0.399. The van der Waals surface area contributed by atoms with Gasteiger partial charge in [0.1, 0.15) is 5.60 Å². The third kappa shape index (κ3) is 5.71. The van der Waals surface area contributed by atoms with Crippen molar-refractivity contribution in [3.63, 3.8) is 0 Å². The lowest BCUT2D eigenvalue weighted by Gasteiger charge is -2.24. The molecule has 1 rings (SSSR count). The van der Waals surface area contributed by atoms with Crippen LogP contribution in [0, 0.1) is 0 Å². The predicted molar refractivity (Wildman–Crippen MR) is 73.7 cm³/mol. The van der Waals surface area contributed by atoms with Gasteiger partial charge in [0.25, 0.3) is 0 Å². The molecule has 0 bridgehead atoms. The fourth-order valence-corrected chi connectivity index (χ4v) is 2.10. The second-order valence-electron chi connectivity index (χ2n) is 6.07. The number of hydrogen-bond acceptors (Lipinski definition) is 3. The molecule has 0 aromatic carbocycles. The Morgan fingerprint density at radius 1 is 1.39 bits per heavy atom. The number of hydrogen-bond donors (Lipinski definition) is 1. The number of amides is 1. The highest BCUT2D eigenvalue weighted by Crippen LogP contribution is 2.15. The number of rotatable bonds is 5. The van der Waals surface area contributed by atoms with E-state index in [4.69, 9.17) is 4.74 Å². The van der Waals surface area contributed by atoms with E-state index in [2.05, 4.69) is 12.2 Å². The first-order valence-electron chi connectivity index (χ1n) is 7.13. The molecule has 1 atom stereocenters. The number of nitrogens with one attached hydrogen (secondary N) is 1. The molecule has 1 amide bonds. The van der Waals surface area contributed by atoms with Crippen molar-refractivity contribution in [3.05, 3.63) is 0 Å². The van der Waals surface area contributed by atoms with Crippen LogP contribution in [-0.2, 0) is 4.74 Å². The first-order chi connectivity index (χ1) is 8.42. The Balaban J connectivity index is 2.22. The fraction of sp³-hybridized carbons (Fsp3) is 0.929. The minimum absolute atomic E-state index is 0.180. The summed E-state index contributed by atoms with van der Waals surface area (Å²) in [6.07, 6.45) is 4.59. The Kier molecular flexibility index (Phi) is 5.93. The van der Waals surface area contributed by atoms with Crippen LogP contribution >= 0.6 is 0 Å². The fourth-order valence-electron chi connectivity index (χ4n) is 2.10. The number of carbonyl (C=O) groups is 1. The van der Waals surface area contributed by atoms with E-state index in [0.717, 1.165) is 26.1 Å². The van der Waals surface area contributed by atoms with Crippen molar-refractivity contribution in [2.45, 2.75) is 65.0 Å². The van der Waals surface area contributed by atoms with Crippen LogP contribution in [0.2, 0.25) is 0 Å². The summed E-state index contributed by atoms with van der Waals surface area (Å²) in [5.41, 5.74) is -0.399. The minimum Gasteiger partial charge on any atom is -0.444 e. The third-order valence-electron chi connectivity index (χ3n) is 3.05. The number of likely N-dealkylation sites (tertiary alicyclic amines) is 1. The Bertz CT molecular complexity index is 261. The standard InChI is InChI=1S/C14H28N2O2/c1-5-6-7-9-15-12-8-10-16(11-12)13(17)18-14(2,3)4/h12,15H,5-11H2,1-4H3/t12-/m1/s1. The second-order valence-corrected chi connectivity index (χ2v) is 6.07. The highest BCUT2D eigenvalue weighted by atomic mass is 16.6. The molecule has 0 aromatic heterocycles. The highest BCUT2D eigenvalue weighted by Gasteiger charge is 2.29. The van der Waals surface area contributed by atoms with Crippen LogP contribution in [0.1, 0.15) is 53.4 Å². The number of nitrogens with zero attached hydrogens (tertiary/aromatic N) is 1. The topological polar surface area (TPSA) is 41.6 Å². The van der Waals surface area contributed by atoms with E-state index in [1.54, 1.807) is 0 Å². The second kappa shape index (κ2) is 6.98. The highest BCUT2D eigenvalue weighted by molar-refractivity contribution is 5.68. The molecule has 4 nitrogen and oxygen atoms in total. The first-order valence-corrected chi connectivity index (χ1v) is 7.13. The van der Waals surface area contributed by atoms with Crippen LogP contribution in [0.5, 0.6) is 0 Å². The molecule has 1 heterocycles. The van der Waals surface area contributed by atoms with Crippen molar-refractivity contribution < 1.29 is 9.53 Å². The van der Waals surface area contributed by atoms with Gasteiger partial charge in [0.2, 0.25) is 0 Å². The Hall–Kier alpha value is -0.770. The molecule has 106 valence electrons. The van der Waals surface area contributed by atoms with Gasteiger partial charge in [0, 0.05) is 19.1 Å². The number of unbranched alkanes of at least 4 members (excludes halogenated alkanes) is 2. The van der Waals surface area contributed by atoms with Crippen molar-refractivity contribution in [2.75, 3.05) is 19.6 Å². The number of carbonyl (C=O) groups excluding carboxylic acids is 1. The summed E-state index contributed by atoms with van der Waals surface area (Å²) < 4.78 is 5.37. The van der Waals surface area contributed by atoms with Crippen molar-refractivity contribution in [2.24, 2.45) is 0 Å². The van der Waals surface area contributed by atoms with Gasteiger partial charge < -0.3 is 15.0 Å². The van der Waals surface area contributed by atoms with Crippen LogP contribution in [0.4, 0.5) is 4.79 Å². The molecule has 1 aliphatic heterocycles. The molecule has 1 fully saturated rings. The summed E-state index contributed by atoms with van der Waals surface area (Å²) in [6.45, 7) is 10.6. The quantitative estimate of drug-likeness (QED) is 0.769. The molecule has 0 saturated carbocycles. The van der Waals surface area contributed by atoms with Gasteiger partial charge in [0.15, 0.2) is 0 Å². The largest absolute Gasteiger partial charge is 0.444 e. The molecular weight excluding hydrogens is 228 g/mol. The summed E-state index contributed by atoms with van der Waals surface area (Å²) in [6, 6.07) is 0.439. The Labute approximate surface area is 111 Å². The summed E-state index contributed by atoms with van der Waals surface area (Å²) in [4.78, 5) is 13.7. The van der Waals surface area contributed by atoms with Gasteiger partial charge in [-0.3, -0.25) is 0 Å². The van der Waals surface area contributed by atoms with E-state index in [0.29, 0.717) is 6.04 Å². The SMILES string of the molecule is CCCCCN[C@@H]1CCN(C(=O)OC(C)(C)C)C1. The Morgan fingerprint density at radius 2 is 2.11 bits per heavy atom. The molecule has 0 aliphatic carbocycles. The van der Waals surface area contributed by atoms with E-state index in [-0.39, 0.29) is 6.09 Å². The van der Waals surface area contributed by atoms with Crippen LogP contribution in [-0.4, -0.2) is 42.3 Å². The molecule has 1 saturated heterocycles. The average Bonchev–Trinajstić information content (AvgIpc) is 2.71. The van der Waals surface area contributed by atoms with Crippen molar-refractivity contribution >= 4 is 6.09 Å². The molecule has 0 radical (unpaired) electrons. The van der Waals surface area contributed by atoms with Gasteiger partial charge >= 0.3 is 6.09 Å². The van der Waals surface area contributed by atoms with Gasteiger partial charge in [-0.1, -0.05) is 19.8 Å². The maximum Gasteiger partial charge on any atom is 0.410 e. The van der Waals surface area contributed by atoms with E-state index >= 15 is 0 Å². The lowest BCUT2D eigenvalue weighted by molar-refractivity contribution is 0.0291. The lowest BCUT2D eigenvalue weighted by atomic mass is 10.2. The van der Waals surface area contributed by atoms with Crippen LogP contribution < -0.4 is 5.32 Å². The monoisotopic (exact) mass is 256 g/mol. The zero-order chi connectivity index (χ0) is 13.6. The van der Waals surface area contributed by atoms with Crippen molar-refractivity contribution in [1.82, 2.24) is 10.2 Å². The maximum absolute atomic E-state index is 11.9. The van der Waals surface area contributed by atoms with Gasteiger partial charge in [-0.2, -0.15) is 0 Å². The van der Waals surface area contributed by atoms with Crippen LogP contribution in [0.25, 0.3) is 0 Å². The van der Waals surface area contributed by atoms with E-state index < -0.39 is 5.60 Å². The zero-order valence-corrected chi connectivity index (χ0v) is 12.3. The normalized spacial score (nSPS) is 20.2. The predicted octanol–water partition coefficient (Wildman–Crippen LogP) is 2.78. The summed E-state index contributed by atoms with van der Waals surface area (Å²) >= 11 is 0. The molecule has 0 unspecified atom stereocenters. The van der Waals surface area contributed by atoms with E-state index in [1.165, 1.54) is 19.3 Å². The molecule has 1 N–H and O–H groups in total. The molecule has 4 heteroatoms. The lowest BCUT2D eigenvalue weighted by Crippen LogP contribution is -2.38. The molecule has 0 aromatic rings. The summed E-state index contributed by atoms with van der Waals surface area (Å²) in [5, 5.41) is 3.51. The van der Waals surface area contributed by atoms with E-state index in [9.17, 15) is 4.79 Å². The summed E-state index contributed by atoms with van der Waals surface area (Å²) in [7, 11) is 0. The zero-order valence-electron chi connectivity index (χ0n) is 12.3. The van der Waals surface area contributed by atoms with Crippen molar-refractivity contribution in [1.29, 1.82) is 0 Å². The third-order valence-corrected chi connectivity index (χ3v) is 3.05. The van der Waals surface area contributed by atoms with Gasteiger partial charge in [-0.05, 0) is 40.2 Å². The molecular formula is C14H28N2O2. The van der Waals surface area contributed by atoms with Gasteiger partial charge in [0.05, 0.1) is 0 Å². The van der Waals surface area contributed by atoms with Crippen molar-refractivity contribution in [3.8, 4) is 0 Å². The number of ether oxygens (including phenoxy) is 1. The van der Waals surface area contributed by atoms with Gasteiger partial charge in [-0.15, -0.1) is 0 Å². The average molecular weight is 256 g/mol. The maximum atomic E-state index is 11.9. The smallest absolute Gasteiger partial charge is 0.410 e. The molecule has 0 spiro atoms. The first kappa shape index (κ1) is 15.3. The van der Waals surface area contributed by atoms with Crippen LogP contribution in [0.3, 0.4) is 0 Å². The Morgan fingerprint density at radius 3 is 2.72 bits per heavy atom. The van der Waals surface area contributed by atoms with Crippen LogP contribution in [0.15, 0.2) is 0 Å².